The molecule has 1 heterocycles. The van der Waals surface area contributed by atoms with Crippen LogP contribution in [-0.2, 0) is 6.42 Å². The van der Waals surface area contributed by atoms with Crippen molar-refractivity contribution in [1.82, 2.24) is 0 Å². The highest BCUT2D eigenvalue weighted by molar-refractivity contribution is 7.10. The van der Waals surface area contributed by atoms with Crippen molar-refractivity contribution in [3.8, 4) is 0 Å². The summed E-state index contributed by atoms with van der Waals surface area (Å²) in [5.74, 6) is -0.290. The number of hydrogen-bond donors (Lipinski definition) is 1. The van der Waals surface area contributed by atoms with Crippen LogP contribution in [0.1, 0.15) is 22.0 Å². The molecule has 0 spiro atoms. The van der Waals surface area contributed by atoms with Crippen LogP contribution in [0.4, 0.5) is 4.39 Å². The third-order valence-electron chi connectivity index (χ3n) is 2.69. The first kappa shape index (κ1) is 12.6. The molecule has 1 unspecified atom stereocenters. The maximum Gasteiger partial charge on any atom is 0.127 e. The third kappa shape index (κ3) is 2.86. The summed E-state index contributed by atoms with van der Waals surface area (Å²) in [6, 6.07) is 6.57. The van der Waals surface area contributed by atoms with E-state index in [1.807, 2.05) is 18.4 Å². The Labute approximate surface area is 109 Å². The lowest BCUT2D eigenvalue weighted by molar-refractivity contribution is 0.595. The Morgan fingerprint density at radius 3 is 2.76 bits per heavy atom. The van der Waals surface area contributed by atoms with Crippen molar-refractivity contribution < 1.29 is 4.39 Å². The zero-order valence-electron chi connectivity index (χ0n) is 9.41. The zero-order chi connectivity index (χ0) is 12.4. The second-order valence-electron chi connectivity index (χ2n) is 4.01. The lowest BCUT2D eigenvalue weighted by Gasteiger charge is -2.12. The minimum Gasteiger partial charge on any atom is -0.323 e. The minimum atomic E-state index is -0.290. The molecule has 0 aliphatic carbocycles. The summed E-state index contributed by atoms with van der Waals surface area (Å²) in [5.41, 5.74) is 7.86. The fourth-order valence-corrected chi connectivity index (χ4v) is 2.87. The summed E-state index contributed by atoms with van der Waals surface area (Å²) in [7, 11) is 0. The standard InChI is InChI=1S/C13H13ClFNS/c1-8-4-5-17-13(8)12(16)6-9-2-3-10(14)7-11(9)15/h2-5,7,12H,6,16H2,1H3. The van der Waals surface area contributed by atoms with Crippen molar-refractivity contribution >= 4 is 22.9 Å². The maximum absolute atomic E-state index is 13.6. The van der Waals surface area contributed by atoms with Gasteiger partial charge in [0, 0.05) is 15.9 Å². The fourth-order valence-electron chi connectivity index (χ4n) is 1.78. The Hall–Kier alpha value is -0.900. The van der Waals surface area contributed by atoms with Gasteiger partial charge in [-0.15, -0.1) is 11.3 Å². The van der Waals surface area contributed by atoms with Gasteiger partial charge >= 0.3 is 0 Å². The lowest BCUT2D eigenvalue weighted by atomic mass is 10.0. The average Bonchev–Trinajstić information content (AvgIpc) is 2.68. The predicted octanol–water partition coefficient (Wildman–Crippen LogP) is 4.09. The fraction of sp³-hybridized carbons (Fsp3) is 0.231. The van der Waals surface area contributed by atoms with Gasteiger partial charge in [0.2, 0.25) is 0 Å². The molecule has 0 fully saturated rings. The number of benzene rings is 1. The number of aryl methyl sites for hydroxylation is 1. The molecular formula is C13H13ClFNS. The molecule has 1 atom stereocenters. The van der Waals surface area contributed by atoms with Crippen LogP contribution in [0.2, 0.25) is 5.02 Å². The van der Waals surface area contributed by atoms with Crippen LogP contribution in [0.5, 0.6) is 0 Å². The normalized spacial score (nSPS) is 12.7. The first-order chi connectivity index (χ1) is 8.08. The summed E-state index contributed by atoms with van der Waals surface area (Å²) in [5, 5.41) is 2.41. The van der Waals surface area contributed by atoms with Crippen molar-refractivity contribution in [3.05, 3.63) is 56.5 Å². The van der Waals surface area contributed by atoms with E-state index in [-0.39, 0.29) is 11.9 Å². The summed E-state index contributed by atoms with van der Waals surface area (Å²) in [6.07, 6.45) is 0.490. The van der Waals surface area contributed by atoms with Crippen LogP contribution in [0.15, 0.2) is 29.6 Å². The van der Waals surface area contributed by atoms with Gasteiger partial charge < -0.3 is 5.73 Å². The van der Waals surface area contributed by atoms with E-state index in [1.54, 1.807) is 23.5 Å². The van der Waals surface area contributed by atoms with Crippen molar-refractivity contribution in [2.75, 3.05) is 0 Å². The average molecular weight is 270 g/mol. The Balaban J connectivity index is 2.19. The van der Waals surface area contributed by atoms with E-state index in [0.29, 0.717) is 17.0 Å². The molecule has 0 amide bonds. The molecule has 2 rings (SSSR count). The zero-order valence-corrected chi connectivity index (χ0v) is 11.0. The Kier molecular flexibility index (Phi) is 3.82. The van der Waals surface area contributed by atoms with E-state index >= 15 is 0 Å². The molecule has 0 saturated carbocycles. The van der Waals surface area contributed by atoms with Gasteiger partial charge in [-0.05, 0) is 48.1 Å². The van der Waals surface area contributed by atoms with Gasteiger partial charge in [-0.25, -0.2) is 4.39 Å². The van der Waals surface area contributed by atoms with Gasteiger partial charge in [0.1, 0.15) is 5.82 Å². The van der Waals surface area contributed by atoms with Gasteiger partial charge in [0.25, 0.3) is 0 Å². The summed E-state index contributed by atoms with van der Waals surface area (Å²) >= 11 is 7.32. The second kappa shape index (κ2) is 5.17. The first-order valence-electron chi connectivity index (χ1n) is 5.31. The summed E-state index contributed by atoms with van der Waals surface area (Å²) in [4.78, 5) is 1.11. The van der Waals surface area contributed by atoms with Gasteiger partial charge in [-0.3, -0.25) is 0 Å². The molecule has 2 N–H and O–H groups in total. The lowest BCUT2D eigenvalue weighted by Crippen LogP contribution is -2.13. The van der Waals surface area contributed by atoms with E-state index in [9.17, 15) is 4.39 Å². The quantitative estimate of drug-likeness (QED) is 0.892. The SMILES string of the molecule is Cc1ccsc1C(N)Cc1ccc(Cl)cc1F. The molecule has 4 heteroatoms. The van der Waals surface area contributed by atoms with Crippen LogP contribution in [-0.4, -0.2) is 0 Å². The van der Waals surface area contributed by atoms with E-state index in [2.05, 4.69) is 0 Å². The minimum absolute atomic E-state index is 0.161. The molecule has 1 nitrogen and oxygen atoms in total. The van der Waals surface area contributed by atoms with Crippen molar-refractivity contribution in [1.29, 1.82) is 0 Å². The molecule has 0 aliphatic rings. The molecular weight excluding hydrogens is 257 g/mol. The summed E-state index contributed by atoms with van der Waals surface area (Å²) in [6.45, 7) is 2.02. The molecule has 0 radical (unpaired) electrons. The number of hydrogen-bond acceptors (Lipinski definition) is 2. The van der Waals surface area contributed by atoms with Gasteiger partial charge in [-0.1, -0.05) is 17.7 Å². The number of rotatable bonds is 3. The maximum atomic E-state index is 13.6. The Bertz CT molecular complexity index is 524. The number of halogens is 2. The second-order valence-corrected chi connectivity index (χ2v) is 5.40. The van der Waals surface area contributed by atoms with Crippen LogP contribution in [0.25, 0.3) is 0 Å². The highest BCUT2D eigenvalue weighted by atomic mass is 35.5. The molecule has 0 aliphatic heterocycles. The van der Waals surface area contributed by atoms with Gasteiger partial charge in [0.05, 0.1) is 0 Å². The molecule has 17 heavy (non-hydrogen) atoms. The summed E-state index contributed by atoms with van der Waals surface area (Å²) < 4.78 is 13.6. The van der Waals surface area contributed by atoms with Crippen LogP contribution in [0, 0.1) is 12.7 Å². The Morgan fingerprint density at radius 2 is 2.18 bits per heavy atom. The highest BCUT2D eigenvalue weighted by Gasteiger charge is 2.13. The molecule has 2 aromatic rings. The van der Waals surface area contributed by atoms with Crippen molar-refractivity contribution in [2.24, 2.45) is 5.73 Å². The highest BCUT2D eigenvalue weighted by Crippen LogP contribution is 2.26. The van der Waals surface area contributed by atoms with E-state index in [1.165, 1.54) is 6.07 Å². The number of nitrogens with two attached hydrogens (primary N) is 1. The molecule has 1 aromatic heterocycles. The van der Waals surface area contributed by atoms with E-state index in [4.69, 9.17) is 17.3 Å². The molecule has 0 saturated heterocycles. The topological polar surface area (TPSA) is 26.0 Å². The molecule has 1 aromatic carbocycles. The van der Waals surface area contributed by atoms with Crippen LogP contribution in [0.3, 0.4) is 0 Å². The van der Waals surface area contributed by atoms with Crippen molar-refractivity contribution in [2.45, 2.75) is 19.4 Å². The first-order valence-corrected chi connectivity index (χ1v) is 6.57. The molecule has 90 valence electrons. The van der Waals surface area contributed by atoms with Crippen LogP contribution >= 0.6 is 22.9 Å². The smallest absolute Gasteiger partial charge is 0.127 e. The monoisotopic (exact) mass is 269 g/mol. The number of thiophene rings is 1. The largest absolute Gasteiger partial charge is 0.323 e. The van der Waals surface area contributed by atoms with Gasteiger partial charge in [0.15, 0.2) is 0 Å². The molecule has 0 bridgehead atoms. The van der Waals surface area contributed by atoms with E-state index < -0.39 is 0 Å². The van der Waals surface area contributed by atoms with E-state index in [0.717, 1.165) is 10.4 Å². The van der Waals surface area contributed by atoms with Crippen molar-refractivity contribution in [3.63, 3.8) is 0 Å². The Morgan fingerprint density at radius 1 is 1.41 bits per heavy atom. The van der Waals surface area contributed by atoms with Gasteiger partial charge in [-0.2, -0.15) is 0 Å². The van der Waals surface area contributed by atoms with Crippen LogP contribution < -0.4 is 5.73 Å². The third-order valence-corrected chi connectivity index (χ3v) is 4.08. The predicted molar refractivity (Wildman–Crippen MR) is 71.1 cm³/mol.